The van der Waals surface area contributed by atoms with Gasteiger partial charge >= 0.3 is 0 Å². The Bertz CT molecular complexity index is 655. The first kappa shape index (κ1) is 17.6. The molecule has 2 aromatic rings. The van der Waals surface area contributed by atoms with Crippen LogP contribution in [0, 0.1) is 0 Å². The van der Waals surface area contributed by atoms with Crippen molar-refractivity contribution in [3.63, 3.8) is 0 Å². The second kappa shape index (κ2) is 7.23. The molecule has 0 N–H and O–H groups in total. The highest BCUT2D eigenvalue weighted by molar-refractivity contribution is 6.42. The Morgan fingerprint density at radius 3 is 2.23 bits per heavy atom. The summed E-state index contributed by atoms with van der Waals surface area (Å²) in [6.45, 7) is 0. The fourth-order valence-electron chi connectivity index (χ4n) is 3.38. The highest BCUT2D eigenvalue weighted by Gasteiger charge is 2.29. The summed E-state index contributed by atoms with van der Waals surface area (Å²) < 4.78 is 0. The summed E-state index contributed by atoms with van der Waals surface area (Å²) in [5, 5.41) is 1.26. The molecule has 0 aliphatic heterocycles. The number of rotatable bonds is 2. The minimum absolute atomic E-state index is 0. The van der Waals surface area contributed by atoms with E-state index in [0.717, 1.165) is 12.8 Å². The lowest BCUT2D eigenvalue weighted by molar-refractivity contribution is 0.263. The molecule has 0 unspecified atom stereocenters. The molecule has 22 heavy (non-hydrogen) atoms. The monoisotopic (exact) mass is 355 g/mol. The second-order valence-electron chi connectivity index (χ2n) is 5.91. The SMILES string of the molecule is CN(C)[C@@H]1CC[C@@H](c2ccc(Cl)c(Cl)c2)c2ccccc21.Cl. The Labute approximate surface area is 148 Å². The lowest BCUT2D eigenvalue weighted by atomic mass is 9.76. The van der Waals surface area contributed by atoms with E-state index in [4.69, 9.17) is 23.2 Å². The topological polar surface area (TPSA) is 3.24 Å². The van der Waals surface area contributed by atoms with Crippen LogP contribution >= 0.6 is 35.6 Å². The normalized spacial score (nSPS) is 20.4. The molecule has 0 saturated carbocycles. The molecule has 1 aliphatic rings. The number of nitrogens with zero attached hydrogens (tertiary/aromatic N) is 1. The Morgan fingerprint density at radius 1 is 0.909 bits per heavy atom. The van der Waals surface area contributed by atoms with E-state index in [1.165, 1.54) is 16.7 Å². The third-order valence-electron chi connectivity index (χ3n) is 4.43. The zero-order chi connectivity index (χ0) is 15.0. The number of benzene rings is 2. The maximum absolute atomic E-state index is 6.20. The second-order valence-corrected chi connectivity index (χ2v) is 6.73. The molecule has 0 heterocycles. The minimum Gasteiger partial charge on any atom is -0.302 e. The van der Waals surface area contributed by atoms with Crippen molar-refractivity contribution >= 4 is 35.6 Å². The summed E-state index contributed by atoms with van der Waals surface area (Å²) in [6.07, 6.45) is 2.30. The fraction of sp³-hybridized carbons (Fsp3) is 0.333. The van der Waals surface area contributed by atoms with Crippen LogP contribution in [0.1, 0.15) is 41.5 Å². The molecular formula is C18H20Cl3N. The van der Waals surface area contributed by atoms with Gasteiger partial charge in [-0.3, -0.25) is 0 Å². The van der Waals surface area contributed by atoms with Gasteiger partial charge in [-0.2, -0.15) is 0 Å². The van der Waals surface area contributed by atoms with E-state index >= 15 is 0 Å². The first-order chi connectivity index (χ1) is 10.1. The zero-order valence-corrected chi connectivity index (χ0v) is 15.1. The molecule has 4 heteroatoms. The van der Waals surface area contributed by atoms with Gasteiger partial charge in [0.2, 0.25) is 0 Å². The predicted molar refractivity (Wildman–Crippen MR) is 97.7 cm³/mol. The summed E-state index contributed by atoms with van der Waals surface area (Å²) in [7, 11) is 4.31. The van der Waals surface area contributed by atoms with Crippen LogP contribution in [0.2, 0.25) is 10.0 Å². The summed E-state index contributed by atoms with van der Waals surface area (Å²) in [4.78, 5) is 2.31. The number of halogens is 3. The minimum atomic E-state index is 0. The van der Waals surface area contributed by atoms with Crippen LogP contribution in [-0.4, -0.2) is 19.0 Å². The molecule has 0 fully saturated rings. The van der Waals surface area contributed by atoms with Crippen molar-refractivity contribution in [3.8, 4) is 0 Å². The van der Waals surface area contributed by atoms with E-state index in [2.05, 4.69) is 49.3 Å². The predicted octanol–water partition coefficient (Wildman–Crippen LogP) is 5.94. The van der Waals surface area contributed by atoms with Crippen molar-refractivity contribution in [2.75, 3.05) is 14.1 Å². The van der Waals surface area contributed by atoms with Gasteiger partial charge in [-0.15, -0.1) is 12.4 Å². The summed E-state index contributed by atoms with van der Waals surface area (Å²) in [5.41, 5.74) is 4.11. The molecule has 3 rings (SSSR count). The molecular weight excluding hydrogens is 337 g/mol. The molecule has 0 saturated heterocycles. The van der Waals surface area contributed by atoms with Crippen LogP contribution in [0.15, 0.2) is 42.5 Å². The number of hydrogen-bond acceptors (Lipinski definition) is 1. The first-order valence-electron chi connectivity index (χ1n) is 7.28. The largest absolute Gasteiger partial charge is 0.302 e. The Hall–Kier alpha value is -0.730. The van der Waals surface area contributed by atoms with E-state index in [1.54, 1.807) is 0 Å². The van der Waals surface area contributed by atoms with Crippen LogP contribution in [0.25, 0.3) is 0 Å². The number of fused-ring (bicyclic) bond motifs is 1. The van der Waals surface area contributed by atoms with Gasteiger partial charge in [0.15, 0.2) is 0 Å². The van der Waals surface area contributed by atoms with Crippen LogP contribution in [0.3, 0.4) is 0 Å². The van der Waals surface area contributed by atoms with Crippen molar-refractivity contribution in [2.45, 2.75) is 24.8 Å². The quantitative estimate of drug-likeness (QED) is 0.643. The molecule has 2 atom stereocenters. The van der Waals surface area contributed by atoms with Gasteiger partial charge in [0.05, 0.1) is 10.0 Å². The lowest BCUT2D eigenvalue weighted by Gasteiger charge is -2.35. The Balaban J connectivity index is 0.00000176. The van der Waals surface area contributed by atoms with Gasteiger partial charge in [0.1, 0.15) is 0 Å². The number of hydrogen-bond donors (Lipinski definition) is 0. The van der Waals surface area contributed by atoms with Gasteiger partial charge in [0.25, 0.3) is 0 Å². The summed E-state index contributed by atoms with van der Waals surface area (Å²) in [5.74, 6) is 0.409. The average molecular weight is 357 g/mol. The summed E-state index contributed by atoms with van der Waals surface area (Å²) in [6, 6.07) is 15.3. The molecule has 1 aliphatic carbocycles. The Kier molecular flexibility index (Phi) is 5.79. The third kappa shape index (κ3) is 3.28. The molecule has 0 radical (unpaired) electrons. The average Bonchev–Trinajstić information content (AvgIpc) is 2.49. The van der Waals surface area contributed by atoms with Gasteiger partial charge in [0, 0.05) is 12.0 Å². The first-order valence-corrected chi connectivity index (χ1v) is 8.03. The van der Waals surface area contributed by atoms with Gasteiger partial charge in [-0.05, 0) is 55.8 Å². The van der Waals surface area contributed by atoms with Gasteiger partial charge in [-0.25, -0.2) is 0 Å². The highest BCUT2D eigenvalue weighted by Crippen LogP contribution is 2.43. The van der Waals surface area contributed by atoms with Crippen molar-refractivity contribution in [1.29, 1.82) is 0 Å². The van der Waals surface area contributed by atoms with E-state index in [0.29, 0.717) is 22.0 Å². The van der Waals surface area contributed by atoms with Gasteiger partial charge in [-0.1, -0.05) is 53.5 Å². The highest BCUT2D eigenvalue weighted by atomic mass is 35.5. The third-order valence-corrected chi connectivity index (χ3v) is 5.17. The molecule has 0 spiro atoms. The van der Waals surface area contributed by atoms with E-state index in [-0.39, 0.29) is 12.4 Å². The molecule has 0 amide bonds. The van der Waals surface area contributed by atoms with Crippen molar-refractivity contribution in [1.82, 2.24) is 4.90 Å². The standard InChI is InChI=1S/C18H19Cl2N.ClH/c1-21(2)18-10-8-13(14-5-3-4-6-15(14)18)12-7-9-16(19)17(20)11-12;/h3-7,9,11,13,18H,8,10H2,1-2H3;1H/t13-,18+;/m0./s1. The van der Waals surface area contributed by atoms with Crippen LogP contribution < -0.4 is 0 Å². The molecule has 0 aromatic heterocycles. The van der Waals surface area contributed by atoms with Gasteiger partial charge < -0.3 is 4.90 Å². The smallest absolute Gasteiger partial charge is 0.0595 e. The Morgan fingerprint density at radius 2 is 1.59 bits per heavy atom. The lowest BCUT2D eigenvalue weighted by Crippen LogP contribution is -2.26. The maximum Gasteiger partial charge on any atom is 0.0595 e. The molecule has 0 bridgehead atoms. The fourth-order valence-corrected chi connectivity index (χ4v) is 3.69. The van der Waals surface area contributed by atoms with E-state index < -0.39 is 0 Å². The van der Waals surface area contributed by atoms with E-state index in [9.17, 15) is 0 Å². The molecule has 118 valence electrons. The van der Waals surface area contributed by atoms with Crippen LogP contribution in [0.5, 0.6) is 0 Å². The van der Waals surface area contributed by atoms with Crippen molar-refractivity contribution in [2.24, 2.45) is 0 Å². The van der Waals surface area contributed by atoms with Crippen LogP contribution in [0.4, 0.5) is 0 Å². The molecule has 1 nitrogen and oxygen atoms in total. The van der Waals surface area contributed by atoms with Crippen molar-refractivity contribution in [3.05, 3.63) is 69.2 Å². The summed E-state index contributed by atoms with van der Waals surface area (Å²) >= 11 is 12.2. The van der Waals surface area contributed by atoms with Crippen molar-refractivity contribution < 1.29 is 0 Å². The maximum atomic E-state index is 6.20. The molecule has 2 aromatic carbocycles. The zero-order valence-electron chi connectivity index (χ0n) is 12.7. The van der Waals surface area contributed by atoms with Crippen LogP contribution in [-0.2, 0) is 0 Å². The van der Waals surface area contributed by atoms with E-state index in [1.807, 2.05) is 12.1 Å².